The van der Waals surface area contributed by atoms with E-state index >= 15 is 0 Å². The Bertz CT molecular complexity index is 845. The van der Waals surface area contributed by atoms with Gasteiger partial charge in [0.15, 0.2) is 14.5 Å². The summed E-state index contributed by atoms with van der Waals surface area (Å²) >= 11 is 0. The van der Waals surface area contributed by atoms with Crippen LogP contribution in [0.15, 0.2) is 18.3 Å². The van der Waals surface area contributed by atoms with Gasteiger partial charge in [-0.25, -0.2) is 0 Å². The van der Waals surface area contributed by atoms with Crippen LogP contribution >= 0.6 is 0 Å². The number of rotatable bonds is 6. The molecule has 0 fully saturated rings. The molecule has 2 heterocycles. The standard InChI is InChI=1S/C23H36N2O2Si/c1-15(2)28(16(3)4,17(5)6)25-12-19-11-20(24(7)8)14-27-23-18(13-26)9-10-21(25)22(19)23/h9-10,12-13,15-17,20H,11,14H2,1-8H3. The van der Waals surface area contributed by atoms with Crippen molar-refractivity contribution in [3.8, 4) is 5.75 Å². The second-order valence-electron chi connectivity index (χ2n) is 9.50. The van der Waals surface area contributed by atoms with Crippen molar-refractivity contribution >= 4 is 25.4 Å². The summed E-state index contributed by atoms with van der Waals surface area (Å²) in [6.45, 7) is 15.0. The Hall–Kier alpha value is -1.59. The summed E-state index contributed by atoms with van der Waals surface area (Å²) < 4.78 is 8.90. The maximum atomic E-state index is 11.7. The normalized spacial score (nSPS) is 17.6. The lowest BCUT2D eigenvalue weighted by molar-refractivity contribution is 0.111. The Kier molecular flexibility index (Phi) is 5.79. The average molecular weight is 401 g/mol. The van der Waals surface area contributed by atoms with E-state index in [1.807, 2.05) is 6.07 Å². The third kappa shape index (κ3) is 3.03. The number of carbonyl (C=O) groups excluding carboxylic acids is 1. The Labute approximate surface area is 170 Å². The Morgan fingerprint density at radius 3 is 2.21 bits per heavy atom. The van der Waals surface area contributed by atoms with Crippen molar-refractivity contribution in [1.29, 1.82) is 0 Å². The largest absolute Gasteiger partial charge is 0.490 e. The second-order valence-corrected chi connectivity index (χ2v) is 15.2. The van der Waals surface area contributed by atoms with E-state index in [0.29, 0.717) is 34.8 Å². The van der Waals surface area contributed by atoms with Gasteiger partial charge >= 0.3 is 0 Å². The van der Waals surface area contributed by atoms with Gasteiger partial charge in [0.05, 0.1) is 5.56 Å². The molecule has 0 bridgehead atoms. The number of benzene rings is 1. The predicted octanol–water partition coefficient (Wildman–Crippen LogP) is 5.34. The molecule has 154 valence electrons. The highest BCUT2D eigenvalue weighted by atomic mass is 28.3. The quantitative estimate of drug-likeness (QED) is 0.485. The van der Waals surface area contributed by atoms with E-state index in [9.17, 15) is 4.79 Å². The van der Waals surface area contributed by atoms with Crippen molar-refractivity contribution in [3.05, 3.63) is 29.5 Å². The molecule has 1 aromatic carbocycles. The molecule has 0 saturated carbocycles. The van der Waals surface area contributed by atoms with Crippen LogP contribution in [0.5, 0.6) is 5.75 Å². The van der Waals surface area contributed by atoms with Crippen LogP contribution in [0.2, 0.25) is 16.6 Å². The molecule has 4 nitrogen and oxygen atoms in total. The van der Waals surface area contributed by atoms with Gasteiger partial charge in [-0.05, 0) is 61.0 Å². The molecule has 1 aromatic heterocycles. The van der Waals surface area contributed by atoms with E-state index < -0.39 is 8.24 Å². The number of aldehydes is 1. The first-order valence-electron chi connectivity index (χ1n) is 10.6. The zero-order chi connectivity index (χ0) is 20.8. The van der Waals surface area contributed by atoms with Crippen molar-refractivity contribution in [2.24, 2.45) is 0 Å². The molecular formula is C23H36N2O2Si. The molecule has 0 N–H and O–H groups in total. The third-order valence-electron chi connectivity index (χ3n) is 6.96. The lowest BCUT2D eigenvalue weighted by Crippen LogP contribution is -2.51. The van der Waals surface area contributed by atoms with Crippen LogP contribution in [0.1, 0.15) is 57.5 Å². The van der Waals surface area contributed by atoms with Crippen LogP contribution in [0, 0.1) is 0 Å². The van der Waals surface area contributed by atoms with Gasteiger partial charge in [0.1, 0.15) is 12.4 Å². The second kappa shape index (κ2) is 7.67. The molecule has 1 aliphatic rings. The highest BCUT2D eigenvalue weighted by Crippen LogP contribution is 2.47. The first-order valence-corrected chi connectivity index (χ1v) is 12.8. The summed E-state index contributed by atoms with van der Waals surface area (Å²) in [6, 6.07) is 4.40. The molecule has 3 rings (SSSR count). The van der Waals surface area contributed by atoms with E-state index in [1.54, 1.807) is 0 Å². The molecule has 1 aliphatic heterocycles. The number of ether oxygens (including phenoxy) is 1. The minimum atomic E-state index is -1.89. The highest BCUT2D eigenvalue weighted by Gasteiger charge is 2.46. The van der Waals surface area contributed by atoms with E-state index in [-0.39, 0.29) is 0 Å². The van der Waals surface area contributed by atoms with Crippen molar-refractivity contribution in [3.63, 3.8) is 0 Å². The van der Waals surface area contributed by atoms with Crippen LogP contribution in [0.25, 0.3) is 10.9 Å². The van der Waals surface area contributed by atoms with Gasteiger partial charge in [0.2, 0.25) is 0 Å². The summed E-state index contributed by atoms with van der Waals surface area (Å²) in [4.78, 5) is 14.0. The molecule has 5 heteroatoms. The number of hydrogen-bond donors (Lipinski definition) is 0. The smallest absolute Gasteiger partial charge is 0.169 e. The molecule has 0 radical (unpaired) electrons. The Balaban J connectivity index is 2.37. The van der Waals surface area contributed by atoms with E-state index in [4.69, 9.17) is 4.74 Å². The van der Waals surface area contributed by atoms with E-state index in [1.165, 1.54) is 11.1 Å². The fourth-order valence-electron chi connectivity index (χ4n) is 5.77. The van der Waals surface area contributed by atoms with Crippen molar-refractivity contribution in [1.82, 2.24) is 9.13 Å². The van der Waals surface area contributed by atoms with Crippen molar-refractivity contribution in [2.75, 3.05) is 20.7 Å². The van der Waals surface area contributed by atoms with Crippen LogP contribution in [0.4, 0.5) is 0 Å². The number of aromatic nitrogens is 1. The van der Waals surface area contributed by atoms with Crippen LogP contribution in [-0.4, -0.2) is 50.4 Å². The molecule has 0 amide bonds. The number of nitrogens with zero attached hydrogens (tertiary/aromatic N) is 2. The van der Waals surface area contributed by atoms with Crippen LogP contribution in [-0.2, 0) is 6.42 Å². The molecule has 28 heavy (non-hydrogen) atoms. The van der Waals surface area contributed by atoms with Crippen LogP contribution < -0.4 is 4.74 Å². The third-order valence-corrected chi connectivity index (χ3v) is 13.7. The van der Waals surface area contributed by atoms with Gasteiger partial charge in [-0.2, -0.15) is 0 Å². The van der Waals surface area contributed by atoms with Gasteiger partial charge < -0.3 is 13.9 Å². The first kappa shape index (κ1) is 21.1. The maximum absolute atomic E-state index is 11.7. The number of hydrogen-bond acceptors (Lipinski definition) is 3. The Morgan fingerprint density at radius 2 is 1.71 bits per heavy atom. The zero-order valence-corrected chi connectivity index (χ0v) is 19.7. The minimum absolute atomic E-state index is 0.305. The van der Waals surface area contributed by atoms with Gasteiger partial charge in [-0.15, -0.1) is 0 Å². The fourth-order valence-corrected chi connectivity index (χ4v) is 12.4. The van der Waals surface area contributed by atoms with Gasteiger partial charge in [0, 0.05) is 16.9 Å². The van der Waals surface area contributed by atoms with Gasteiger partial charge in [-0.1, -0.05) is 41.5 Å². The van der Waals surface area contributed by atoms with Crippen molar-refractivity contribution < 1.29 is 9.53 Å². The van der Waals surface area contributed by atoms with Crippen LogP contribution in [0.3, 0.4) is 0 Å². The molecule has 0 aliphatic carbocycles. The predicted molar refractivity (Wildman–Crippen MR) is 120 cm³/mol. The summed E-state index contributed by atoms with van der Waals surface area (Å²) in [5.41, 5.74) is 5.06. The lowest BCUT2D eigenvalue weighted by atomic mass is 10.0. The van der Waals surface area contributed by atoms with Gasteiger partial charge in [0.25, 0.3) is 0 Å². The first-order chi connectivity index (χ1) is 13.2. The molecule has 2 aromatic rings. The van der Waals surface area contributed by atoms with Gasteiger partial charge in [-0.3, -0.25) is 4.79 Å². The Morgan fingerprint density at radius 1 is 1.11 bits per heavy atom. The summed E-state index contributed by atoms with van der Waals surface area (Å²) in [6.07, 6.45) is 4.30. The average Bonchev–Trinajstić information content (AvgIpc) is 2.84. The van der Waals surface area contributed by atoms with Crippen molar-refractivity contribution in [2.45, 2.75) is 70.6 Å². The van der Waals surface area contributed by atoms with E-state index in [0.717, 1.165) is 23.8 Å². The molecule has 1 unspecified atom stereocenters. The minimum Gasteiger partial charge on any atom is -0.490 e. The molecule has 0 saturated heterocycles. The zero-order valence-electron chi connectivity index (χ0n) is 18.7. The number of carbonyl (C=O) groups is 1. The molecule has 0 spiro atoms. The SMILES string of the molecule is CC(C)[Si](C(C)C)(C(C)C)n1cc2c3c(c(C=O)ccc31)OCC(N(C)C)C2. The summed E-state index contributed by atoms with van der Waals surface area (Å²) in [7, 11) is 2.32. The highest BCUT2D eigenvalue weighted by molar-refractivity contribution is 6.82. The summed E-state index contributed by atoms with van der Waals surface area (Å²) in [5, 5.41) is 1.16. The maximum Gasteiger partial charge on any atom is 0.169 e. The summed E-state index contributed by atoms with van der Waals surface area (Å²) in [5.74, 6) is 0.782. The molecule has 1 atom stereocenters. The topological polar surface area (TPSA) is 34.5 Å². The number of likely N-dealkylation sites (N-methyl/N-ethyl adjacent to an activating group) is 1. The molecular weight excluding hydrogens is 364 g/mol. The fraction of sp³-hybridized carbons (Fsp3) is 0.609. The van der Waals surface area contributed by atoms with E-state index in [2.05, 4.69) is 77.0 Å². The lowest BCUT2D eigenvalue weighted by Gasteiger charge is -2.44. The monoisotopic (exact) mass is 400 g/mol.